The van der Waals surface area contributed by atoms with Crippen LogP contribution in [-0.2, 0) is 11.3 Å². The van der Waals surface area contributed by atoms with Gasteiger partial charge < -0.3 is 9.64 Å². The summed E-state index contributed by atoms with van der Waals surface area (Å²) in [6.45, 7) is -0.643. The first-order chi connectivity index (χ1) is 8.52. The van der Waals surface area contributed by atoms with Crippen molar-refractivity contribution in [3.63, 3.8) is 0 Å². The van der Waals surface area contributed by atoms with Crippen molar-refractivity contribution < 1.29 is 18.3 Å². The molecule has 18 heavy (non-hydrogen) atoms. The van der Waals surface area contributed by atoms with Gasteiger partial charge in [0.15, 0.2) is 0 Å². The summed E-state index contributed by atoms with van der Waals surface area (Å²) in [5.41, 5.74) is 0.844. The lowest BCUT2D eigenvalue weighted by Crippen LogP contribution is -2.24. The zero-order chi connectivity index (χ0) is 13.5. The third kappa shape index (κ3) is 4.53. The van der Waals surface area contributed by atoms with Gasteiger partial charge in [-0.2, -0.15) is 8.78 Å². The van der Waals surface area contributed by atoms with Crippen molar-refractivity contribution in [1.82, 2.24) is 4.90 Å². The van der Waals surface area contributed by atoms with Gasteiger partial charge in [0, 0.05) is 13.6 Å². The van der Waals surface area contributed by atoms with Crippen molar-refractivity contribution in [2.75, 3.05) is 7.05 Å². The molecule has 0 fully saturated rings. The summed E-state index contributed by atoms with van der Waals surface area (Å²) < 4.78 is 28.1. The van der Waals surface area contributed by atoms with Gasteiger partial charge >= 0.3 is 6.61 Å². The van der Waals surface area contributed by atoms with Crippen LogP contribution in [-0.4, -0.2) is 24.5 Å². The van der Waals surface area contributed by atoms with Gasteiger partial charge in [0.1, 0.15) is 5.75 Å². The third-order valence-electron chi connectivity index (χ3n) is 2.25. The SMILES string of the molecule is C/C=C/C(=O)N(C)Cc1ccc(OC(F)F)cc1. The number of carbonyl (C=O) groups is 1. The van der Waals surface area contributed by atoms with E-state index in [-0.39, 0.29) is 11.7 Å². The van der Waals surface area contributed by atoms with E-state index in [1.54, 1.807) is 32.2 Å². The van der Waals surface area contributed by atoms with E-state index in [2.05, 4.69) is 4.74 Å². The molecule has 0 atom stereocenters. The fraction of sp³-hybridized carbons (Fsp3) is 0.308. The van der Waals surface area contributed by atoms with Crippen LogP contribution < -0.4 is 4.74 Å². The second-order valence-electron chi connectivity index (χ2n) is 3.72. The largest absolute Gasteiger partial charge is 0.435 e. The molecule has 0 unspecified atom stereocenters. The van der Waals surface area contributed by atoms with E-state index in [1.807, 2.05) is 0 Å². The van der Waals surface area contributed by atoms with Crippen molar-refractivity contribution in [2.45, 2.75) is 20.1 Å². The van der Waals surface area contributed by atoms with Gasteiger partial charge in [0.25, 0.3) is 0 Å². The van der Waals surface area contributed by atoms with Crippen LogP contribution in [0.25, 0.3) is 0 Å². The predicted octanol–water partition coefficient (Wildman–Crippen LogP) is 2.82. The minimum absolute atomic E-state index is 0.106. The molecule has 0 spiro atoms. The number of allylic oxidation sites excluding steroid dienone is 1. The molecule has 5 heteroatoms. The quantitative estimate of drug-likeness (QED) is 0.757. The molecule has 0 aromatic heterocycles. The Kier molecular flexibility index (Phi) is 5.30. The average Bonchev–Trinajstić information content (AvgIpc) is 2.31. The summed E-state index contributed by atoms with van der Waals surface area (Å²) in [7, 11) is 1.67. The van der Waals surface area contributed by atoms with Gasteiger partial charge in [-0.3, -0.25) is 4.79 Å². The van der Waals surface area contributed by atoms with Gasteiger partial charge in [-0.15, -0.1) is 0 Å². The molecule has 0 saturated heterocycles. The lowest BCUT2D eigenvalue weighted by molar-refractivity contribution is -0.125. The molecule has 1 aromatic rings. The highest BCUT2D eigenvalue weighted by atomic mass is 19.3. The minimum Gasteiger partial charge on any atom is -0.435 e. The van der Waals surface area contributed by atoms with Crippen LogP contribution in [0.5, 0.6) is 5.75 Å². The molecule has 0 bridgehead atoms. The molecular formula is C13H15F2NO2. The fourth-order valence-corrected chi connectivity index (χ4v) is 1.40. The van der Waals surface area contributed by atoms with E-state index in [1.165, 1.54) is 23.1 Å². The van der Waals surface area contributed by atoms with E-state index < -0.39 is 6.61 Å². The van der Waals surface area contributed by atoms with Crippen molar-refractivity contribution in [1.29, 1.82) is 0 Å². The molecule has 1 rings (SSSR count). The van der Waals surface area contributed by atoms with Crippen LogP contribution >= 0.6 is 0 Å². The number of ether oxygens (including phenoxy) is 1. The summed E-state index contributed by atoms with van der Waals surface area (Å²) in [6.07, 6.45) is 3.13. The number of carbonyl (C=O) groups excluding carboxylic acids is 1. The Balaban J connectivity index is 2.60. The second-order valence-corrected chi connectivity index (χ2v) is 3.72. The molecule has 1 aromatic carbocycles. The first-order valence-corrected chi connectivity index (χ1v) is 5.44. The molecule has 0 aliphatic carbocycles. The Morgan fingerprint density at radius 2 is 2.00 bits per heavy atom. The van der Waals surface area contributed by atoms with Gasteiger partial charge in [-0.1, -0.05) is 18.2 Å². The van der Waals surface area contributed by atoms with E-state index in [4.69, 9.17) is 0 Å². The fourth-order valence-electron chi connectivity index (χ4n) is 1.40. The molecule has 0 heterocycles. The predicted molar refractivity (Wildman–Crippen MR) is 64.4 cm³/mol. The number of hydrogen-bond donors (Lipinski definition) is 0. The summed E-state index contributed by atoms with van der Waals surface area (Å²) in [5.74, 6) is 0.00147. The molecule has 0 aliphatic heterocycles. The van der Waals surface area contributed by atoms with Gasteiger partial charge in [0.2, 0.25) is 5.91 Å². The van der Waals surface area contributed by atoms with Gasteiger partial charge in [-0.05, 0) is 30.7 Å². The van der Waals surface area contributed by atoms with Crippen LogP contribution in [0, 0.1) is 0 Å². The molecule has 3 nitrogen and oxygen atoms in total. The van der Waals surface area contributed by atoms with E-state index in [9.17, 15) is 13.6 Å². The van der Waals surface area contributed by atoms with Crippen LogP contribution in [0.3, 0.4) is 0 Å². The Labute approximate surface area is 105 Å². The third-order valence-corrected chi connectivity index (χ3v) is 2.25. The number of benzene rings is 1. The lowest BCUT2D eigenvalue weighted by atomic mass is 10.2. The number of likely N-dealkylation sites (N-methyl/N-ethyl adjacent to an activating group) is 1. The summed E-state index contributed by atoms with van der Waals surface area (Å²) >= 11 is 0. The molecule has 0 aliphatic rings. The highest BCUT2D eigenvalue weighted by Crippen LogP contribution is 2.15. The second kappa shape index (κ2) is 6.74. The molecule has 0 radical (unpaired) electrons. The summed E-state index contributed by atoms with van der Waals surface area (Å²) in [6, 6.07) is 6.21. The average molecular weight is 255 g/mol. The number of halogens is 2. The van der Waals surface area contributed by atoms with Crippen LogP contribution in [0.2, 0.25) is 0 Å². The van der Waals surface area contributed by atoms with E-state index >= 15 is 0 Å². The Morgan fingerprint density at radius 1 is 1.39 bits per heavy atom. The smallest absolute Gasteiger partial charge is 0.387 e. The lowest BCUT2D eigenvalue weighted by Gasteiger charge is -2.15. The number of amides is 1. The Bertz CT molecular complexity index is 416. The van der Waals surface area contributed by atoms with Crippen molar-refractivity contribution in [3.05, 3.63) is 42.0 Å². The first-order valence-electron chi connectivity index (χ1n) is 5.44. The summed E-state index contributed by atoms with van der Waals surface area (Å²) in [5, 5.41) is 0. The molecule has 98 valence electrons. The van der Waals surface area contributed by atoms with Gasteiger partial charge in [0.05, 0.1) is 0 Å². The number of hydrogen-bond acceptors (Lipinski definition) is 2. The van der Waals surface area contributed by atoms with Gasteiger partial charge in [-0.25, -0.2) is 0 Å². The number of alkyl halides is 2. The van der Waals surface area contributed by atoms with Crippen molar-refractivity contribution >= 4 is 5.91 Å². The highest BCUT2D eigenvalue weighted by molar-refractivity contribution is 5.87. The molecular weight excluding hydrogens is 240 g/mol. The topological polar surface area (TPSA) is 29.5 Å². The van der Waals surface area contributed by atoms with Crippen molar-refractivity contribution in [3.8, 4) is 5.75 Å². The maximum atomic E-state index is 11.9. The normalized spacial score (nSPS) is 10.9. The zero-order valence-corrected chi connectivity index (χ0v) is 10.3. The number of nitrogens with zero attached hydrogens (tertiary/aromatic N) is 1. The maximum Gasteiger partial charge on any atom is 0.387 e. The monoisotopic (exact) mass is 255 g/mol. The first kappa shape index (κ1) is 14.2. The molecule has 0 saturated carbocycles. The zero-order valence-electron chi connectivity index (χ0n) is 10.3. The molecule has 1 amide bonds. The number of rotatable bonds is 5. The van der Waals surface area contributed by atoms with Crippen LogP contribution in [0.1, 0.15) is 12.5 Å². The highest BCUT2D eigenvalue weighted by Gasteiger charge is 2.07. The van der Waals surface area contributed by atoms with E-state index in [0.29, 0.717) is 6.54 Å². The maximum absolute atomic E-state index is 11.9. The minimum atomic E-state index is -2.82. The Morgan fingerprint density at radius 3 is 2.50 bits per heavy atom. The van der Waals surface area contributed by atoms with Crippen LogP contribution in [0.4, 0.5) is 8.78 Å². The van der Waals surface area contributed by atoms with Crippen molar-refractivity contribution in [2.24, 2.45) is 0 Å². The van der Waals surface area contributed by atoms with E-state index in [0.717, 1.165) is 5.56 Å². The summed E-state index contributed by atoms with van der Waals surface area (Å²) in [4.78, 5) is 13.0. The molecule has 0 N–H and O–H groups in total. The standard InChI is InChI=1S/C13H15F2NO2/c1-3-4-12(17)16(2)9-10-5-7-11(8-6-10)18-13(14)15/h3-8,13H,9H2,1-2H3/b4-3+. The Hall–Kier alpha value is -1.91. The van der Waals surface area contributed by atoms with Crippen LogP contribution in [0.15, 0.2) is 36.4 Å².